The molecule has 0 saturated carbocycles. The molecule has 0 fully saturated rings. The summed E-state index contributed by atoms with van der Waals surface area (Å²) in [7, 11) is 0. The number of aryl methyl sites for hydroxylation is 1. The minimum atomic E-state index is 1.02. The Morgan fingerprint density at radius 1 is 0.850 bits per heavy atom. The van der Waals surface area contributed by atoms with Gasteiger partial charge in [-0.2, -0.15) is 0 Å². The van der Waals surface area contributed by atoms with E-state index in [1.165, 1.54) is 25.8 Å². The predicted octanol–water partition coefficient (Wildman–Crippen LogP) is 5.33. The van der Waals surface area contributed by atoms with E-state index in [2.05, 4.69) is 83.0 Å². The Morgan fingerprint density at radius 3 is 2.30 bits per heavy atom. The summed E-state index contributed by atoms with van der Waals surface area (Å²) in [4.78, 5) is 4.45. The molecule has 0 bridgehead atoms. The predicted molar refractivity (Wildman–Crippen MR) is 92.6 cm³/mol. The van der Waals surface area contributed by atoms with Gasteiger partial charge in [-0.25, -0.2) is 0 Å². The Hall–Kier alpha value is -1.68. The monoisotopic (exact) mass is 371 g/mol. The summed E-state index contributed by atoms with van der Waals surface area (Å²) in [6, 6.07) is 21.2. The number of hydrogen-bond donors (Lipinski definition) is 0. The van der Waals surface area contributed by atoms with Crippen LogP contribution in [0.4, 0.5) is 0 Å². The van der Waals surface area contributed by atoms with Crippen LogP contribution in [0.15, 0.2) is 66.9 Å². The van der Waals surface area contributed by atoms with Gasteiger partial charge in [0.05, 0.1) is 5.69 Å². The van der Waals surface area contributed by atoms with Crippen LogP contribution in [-0.4, -0.2) is 4.98 Å². The molecule has 0 aliphatic rings. The molecule has 98 valence electrons. The van der Waals surface area contributed by atoms with Gasteiger partial charge in [-0.3, -0.25) is 4.98 Å². The highest BCUT2D eigenvalue weighted by molar-refractivity contribution is 14.1. The van der Waals surface area contributed by atoms with Crippen LogP contribution in [0.25, 0.3) is 22.4 Å². The van der Waals surface area contributed by atoms with E-state index in [-0.39, 0.29) is 0 Å². The molecule has 3 rings (SSSR count). The van der Waals surface area contributed by atoms with Crippen molar-refractivity contribution in [3.63, 3.8) is 0 Å². The standard InChI is InChI=1S/C18H14IN/c1-13-5-7-14(8-6-13)15-9-10-17(19)16(12-15)18-4-2-3-11-20-18/h2-12H,1H3. The molecule has 1 nitrogen and oxygen atoms in total. The lowest BCUT2D eigenvalue weighted by Crippen LogP contribution is -1.88. The highest BCUT2D eigenvalue weighted by Crippen LogP contribution is 2.29. The number of hydrogen-bond acceptors (Lipinski definition) is 1. The van der Waals surface area contributed by atoms with Crippen molar-refractivity contribution >= 4 is 22.6 Å². The molecule has 20 heavy (non-hydrogen) atoms. The van der Waals surface area contributed by atoms with Gasteiger partial charge in [-0.15, -0.1) is 0 Å². The topological polar surface area (TPSA) is 12.9 Å². The van der Waals surface area contributed by atoms with Crippen LogP contribution in [0.5, 0.6) is 0 Å². The van der Waals surface area contributed by atoms with Gasteiger partial charge < -0.3 is 0 Å². The van der Waals surface area contributed by atoms with Gasteiger partial charge in [0.15, 0.2) is 0 Å². The number of aromatic nitrogens is 1. The number of rotatable bonds is 2. The van der Waals surface area contributed by atoms with Crippen molar-refractivity contribution in [2.24, 2.45) is 0 Å². The lowest BCUT2D eigenvalue weighted by molar-refractivity contribution is 1.32. The van der Waals surface area contributed by atoms with Crippen molar-refractivity contribution in [1.29, 1.82) is 0 Å². The molecule has 1 aromatic heterocycles. The minimum Gasteiger partial charge on any atom is -0.256 e. The quantitative estimate of drug-likeness (QED) is 0.555. The molecule has 2 aromatic carbocycles. The molecule has 0 radical (unpaired) electrons. The van der Waals surface area contributed by atoms with E-state index in [0.29, 0.717) is 0 Å². The highest BCUT2D eigenvalue weighted by Gasteiger charge is 2.06. The zero-order valence-corrected chi connectivity index (χ0v) is 13.3. The normalized spacial score (nSPS) is 10.5. The molecule has 0 unspecified atom stereocenters. The SMILES string of the molecule is Cc1ccc(-c2ccc(I)c(-c3ccccn3)c2)cc1. The first-order valence-electron chi connectivity index (χ1n) is 6.52. The number of benzene rings is 2. The van der Waals surface area contributed by atoms with E-state index in [1.807, 2.05) is 18.3 Å². The molecular weight excluding hydrogens is 357 g/mol. The molecule has 0 saturated heterocycles. The van der Waals surface area contributed by atoms with Crippen molar-refractivity contribution in [1.82, 2.24) is 4.98 Å². The van der Waals surface area contributed by atoms with E-state index in [1.54, 1.807) is 0 Å². The molecular formula is C18H14IN. The van der Waals surface area contributed by atoms with Crippen LogP contribution >= 0.6 is 22.6 Å². The molecule has 0 aliphatic carbocycles. The van der Waals surface area contributed by atoms with E-state index in [4.69, 9.17) is 0 Å². The van der Waals surface area contributed by atoms with E-state index < -0.39 is 0 Å². The first kappa shape index (κ1) is 13.3. The number of pyridine rings is 1. The summed E-state index contributed by atoms with van der Waals surface area (Å²) in [5.74, 6) is 0. The van der Waals surface area contributed by atoms with Crippen molar-refractivity contribution < 1.29 is 0 Å². The van der Waals surface area contributed by atoms with Gasteiger partial charge in [-0.1, -0.05) is 42.0 Å². The molecule has 3 aromatic rings. The van der Waals surface area contributed by atoms with Crippen LogP contribution in [0.2, 0.25) is 0 Å². The van der Waals surface area contributed by atoms with Gasteiger partial charge in [0, 0.05) is 15.3 Å². The summed E-state index contributed by atoms with van der Waals surface area (Å²) in [5, 5.41) is 0. The Kier molecular flexibility index (Phi) is 3.83. The molecule has 0 spiro atoms. The van der Waals surface area contributed by atoms with Crippen LogP contribution in [0.3, 0.4) is 0 Å². The maximum Gasteiger partial charge on any atom is 0.0712 e. The molecule has 0 N–H and O–H groups in total. The molecule has 0 amide bonds. The zero-order valence-electron chi connectivity index (χ0n) is 11.2. The number of nitrogens with zero attached hydrogens (tertiary/aromatic N) is 1. The lowest BCUT2D eigenvalue weighted by atomic mass is 10.0. The third kappa shape index (κ3) is 2.75. The summed E-state index contributed by atoms with van der Waals surface area (Å²) in [6.45, 7) is 2.11. The Morgan fingerprint density at radius 2 is 1.60 bits per heavy atom. The molecule has 2 heteroatoms. The smallest absolute Gasteiger partial charge is 0.0712 e. The number of halogens is 1. The van der Waals surface area contributed by atoms with Gasteiger partial charge in [0.1, 0.15) is 0 Å². The molecule has 1 heterocycles. The first-order valence-corrected chi connectivity index (χ1v) is 7.60. The van der Waals surface area contributed by atoms with E-state index >= 15 is 0 Å². The maximum atomic E-state index is 4.45. The second kappa shape index (κ2) is 5.75. The first-order chi connectivity index (χ1) is 9.74. The second-order valence-electron chi connectivity index (χ2n) is 4.78. The van der Waals surface area contributed by atoms with Crippen molar-refractivity contribution in [3.05, 3.63) is 76.0 Å². The molecule has 0 atom stereocenters. The van der Waals surface area contributed by atoms with E-state index in [0.717, 1.165) is 5.69 Å². The van der Waals surface area contributed by atoms with Crippen LogP contribution < -0.4 is 0 Å². The van der Waals surface area contributed by atoms with E-state index in [9.17, 15) is 0 Å². The van der Waals surface area contributed by atoms with Gasteiger partial charge >= 0.3 is 0 Å². The molecule has 0 aliphatic heterocycles. The van der Waals surface area contributed by atoms with Crippen LogP contribution in [0, 0.1) is 10.5 Å². The third-order valence-electron chi connectivity index (χ3n) is 3.29. The van der Waals surface area contributed by atoms with Gasteiger partial charge in [0.25, 0.3) is 0 Å². The highest BCUT2D eigenvalue weighted by atomic mass is 127. The second-order valence-corrected chi connectivity index (χ2v) is 5.94. The Bertz CT molecular complexity index is 718. The minimum absolute atomic E-state index is 1.02. The average Bonchev–Trinajstić information content (AvgIpc) is 2.50. The fourth-order valence-corrected chi connectivity index (χ4v) is 2.78. The van der Waals surface area contributed by atoms with Gasteiger partial charge in [0.2, 0.25) is 0 Å². The summed E-state index contributed by atoms with van der Waals surface area (Å²) < 4.78 is 1.22. The summed E-state index contributed by atoms with van der Waals surface area (Å²) in [6.07, 6.45) is 1.84. The summed E-state index contributed by atoms with van der Waals surface area (Å²) >= 11 is 2.37. The van der Waals surface area contributed by atoms with Gasteiger partial charge in [-0.05, 0) is 64.9 Å². The zero-order chi connectivity index (χ0) is 13.9. The lowest BCUT2D eigenvalue weighted by Gasteiger charge is -2.08. The Labute approximate surface area is 132 Å². The Balaban J connectivity index is 2.09. The fourth-order valence-electron chi connectivity index (χ4n) is 2.17. The van der Waals surface area contributed by atoms with Crippen molar-refractivity contribution in [3.8, 4) is 22.4 Å². The van der Waals surface area contributed by atoms with Crippen LogP contribution in [0.1, 0.15) is 5.56 Å². The average molecular weight is 371 g/mol. The fraction of sp³-hybridized carbons (Fsp3) is 0.0556. The van der Waals surface area contributed by atoms with Crippen molar-refractivity contribution in [2.75, 3.05) is 0 Å². The largest absolute Gasteiger partial charge is 0.256 e. The third-order valence-corrected chi connectivity index (χ3v) is 4.23. The maximum absolute atomic E-state index is 4.45. The summed E-state index contributed by atoms with van der Waals surface area (Å²) in [5.41, 5.74) is 5.95. The van der Waals surface area contributed by atoms with Crippen molar-refractivity contribution in [2.45, 2.75) is 6.92 Å². The van der Waals surface area contributed by atoms with Crippen LogP contribution in [-0.2, 0) is 0 Å².